The maximum atomic E-state index is 12.5. The quantitative estimate of drug-likeness (QED) is 0.803. The third-order valence-electron chi connectivity index (χ3n) is 5.44. The topological polar surface area (TPSA) is 55.9 Å². The van der Waals surface area contributed by atoms with E-state index in [4.69, 9.17) is 0 Å². The molecule has 6 nitrogen and oxygen atoms in total. The number of hydrogen-bond acceptors (Lipinski definition) is 4. The molecule has 3 heterocycles. The minimum Gasteiger partial charge on any atom is -0.342 e. The Kier molecular flexibility index (Phi) is 5.89. The summed E-state index contributed by atoms with van der Waals surface area (Å²) in [6.45, 7) is 7.50. The van der Waals surface area contributed by atoms with E-state index in [1.54, 1.807) is 0 Å². The Morgan fingerprint density at radius 2 is 1.48 bits per heavy atom. The largest absolute Gasteiger partial charge is 0.342 e. The van der Waals surface area contributed by atoms with E-state index in [0.29, 0.717) is 12.5 Å². The van der Waals surface area contributed by atoms with Crippen LogP contribution in [0.4, 0.5) is 0 Å². The second-order valence-corrected chi connectivity index (χ2v) is 7.07. The van der Waals surface area contributed by atoms with Crippen LogP contribution >= 0.6 is 0 Å². The maximum absolute atomic E-state index is 12.5. The van der Waals surface area contributed by atoms with Gasteiger partial charge in [-0.1, -0.05) is 0 Å². The van der Waals surface area contributed by atoms with Crippen molar-refractivity contribution in [3.63, 3.8) is 0 Å². The molecule has 3 aliphatic heterocycles. The van der Waals surface area contributed by atoms with Crippen molar-refractivity contribution in [1.29, 1.82) is 0 Å². The standard InChI is InChI=1S/C17H30N4O2/c22-16(20-8-2-1-3-9-20)14-19-10-12-21(13-11-19)17(23)15-4-6-18-7-5-15/h15,18H,1-14H2. The van der Waals surface area contributed by atoms with Gasteiger partial charge < -0.3 is 15.1 Å². The van der Waals surface area contributed by atoms with Gasteiger partial charge in [0.2, 0.25) is 11.8 Å². The van der Waals surface area contributed by atoms with Crippen LogP contribution in [0.2, 0.25) is 0 Å². The minimum absolute atomic E-state index is 0.206. The summed E-state index contributed by atoms with van der Waals surface area (Å²) >= 11 is 0. The van der Waals surface area contributed by atoms with Crippen LogP contribution in [0, 0.1) is 5.92 Å². The van der Waals surface area contributed by atoms with E-state index in [2.05, 4.69) is 10.2 Å². The van der Waals surface area contributed by atoms with Crippen LogP contribution in [-0.2, 0) is 9.59 Å². The fourth-order valence-electron chi connectivity index (χ4n) is 3.89. The molecule has 0 radical (unpaired) electrons. The highest BCUT2D eigenvalue weighted by Gasteiger charge is 2.29. The van der Waals surface area contributed by atoms with Crippen molar-refractivity contribution in [1.82, 2.24) is 20.0 Å². The number of likely N-dealkylation sites (tertiary alicyclic amines) is 1. The number of rotatable bonds is 3. The molecule has 2 amide bonds. The highest BCUT2D eigenvalue weighted by molar-refractivity contribution is 5.79. The van der Waals surface area contributed by atoms with Gasteiger partial charge in [0.1, 0.15) is 0 Å². The zero-order chi connectivity index (χ0) is 16.1. The number of piperidine rings is 2. The summed E-state index contributed by atoms with van der Waals surface area (Å²) in [4.78, 5) is 31.1. The first kappa shape index (κ1) is 16.7. The molecule has 3 aliphatic rings. The number of hydrogen-bond donors (Lipinski definition) is 1. The van der Waals surface area contributed by atoms with Crippen LogP contribution < -0.4 is 5.32 Å². The zero-order valence-corrected chi connectivity index (χ0v) is 14.1. The maximum Gasteiger partial charge on any atom is 0.236 e. The Morgan fingerprint density at radius 3 is 2.13 bits per heavy atom. The zero-order valence-electron chi connectivity index (χ0n) is 14.1. The van der Waals surface area contributed by atoms with Crippen LogP contribution in [0.3, 0.4) is 0 Å². The SMILES string of the molecule is O=C(CN1CCN(C(=O)C2CCNCC2)CC1)N1CCCCC1. The molecular formula is C17H30N4O2. The third-order valence-corrected chi connectivity index (χ3v) is 5.44. The highest BCUT2D eigenvalue weighted by Crippen LogP contribution is 2.17. The first-order valence-corrected chi connectivity index (χ1v) is 9.23. The van der Waals surface area contributed by atoms with Gasteiger partial charge in [0.15, 0.2) is 0 Å². The van der Waals surface area contributed by atoms with Gasteiger partial charge in [0, 0.05) is 45.2 Å². The van der Waals surface area contributed by atoms with E-state index in [0.717, 1.165) is 78.0 Å². The predicted molar refractivity (Wildman–Crippen MR) is 89.0 cm³/mol. The molecule has 130 valence electrons. The fourth-order valence-corrected chi connectivity index (χ4v) is 3.89. The Labute approximate surface area is 139 Å². The highest BCUT2D eigenvalue weighted by atomic mass is 16.2. The molecule has 0 aliphatic carbocycles. The molecule has 0 aromatic rings. The van der Waals surface area contributed by atoms with Gasteiger partial charge in [0.05, 0.1) is 6.54 Å². The molecule has 0 atom stereocenters. The van der Waals surface area contributed by atoms with E-state index >= 15 is 0 Å². The van der Waals surface area contributed by atoms with Crippen LogP contribution in [-0.4, -0.2) is 85.4 Å². The number of carbonyl (C=O) groups is 2. The third kappa shape index (κ3) is 4.44. The van der Waals surface area contributed by atoms with E-state index in [-0.39, 0.29) is 11.8 Å². The molecule has 1 N–H and O–H groups in total. The molecule has 3 saturated heterocycles. The van der Waals surface area contributed by atoms with Gasteiger partial charge in [-0.15, -0.1) is 0 Å². The lowest BCUT2D eigenvalue weighted by Crippen LogP contribution is -2.53. The van der Waals surface area contributed by atoms with Crippen LogP contribution in [0.5, 0.6) is 0 Å². The first-order chi connectivity index (χ1) is 11.2. The Hall–Kier alpha value is -1.14. The second-order valence-electron chi connectivity index (χ2n) is 7.07. The average molecular weight is 322 g/mol. The Bertz CT molecular complexity index is 409. The van der Waals surface area contributed by atoms with Gasteiger partial charge in [-0.2, -0.15) is 0 Å². The molecule has 3 fully saturated rings. The van der Waals surface area contributed by atoms with Crippen molar-refractivity contribution in [3.05, 3.63) is 0 Å². The molecule has 23 heavy (non-hydrogen) atoms. The number of nitrogens with one attached hydrogen (secondary N) is 1. The fraction of sp³-hybridized carbons (Fsp3) is 0.882. The molecule has 0 bridgehead atoms. The van der Waals surface area contributed by atoms with Gasteiger partial charge in [0.25, 0.3) is 0 Å². The van der Waals surface area contributed by atoms with E-state index < -0.39 is 0 Å². The summed E-state index contributed by atoms with van der Waals surface area (Å²) in [7, 11) is 0. The summed E-state index contributed by atoms with van der Waals surface area (Å²) in [5, 5.41) is 3.31. The number of carbonyl (C=O) groups excluding carboxylic acids is 2. The second kappa shape index (κ2) is 8.11. The average Bonchev–Trinajstić information content (AvgIpc) is 2.63. The Morgan fingerprint density at radius 1 is 0.826 bits per heavy atom. The van der Waals surface area contributed by atoms with Gasteiger partial charge in [-0.3, -0.25) is 14.5 Å². The smallest absolute Gasteiger partial charge is 0.236 e. The molecule has 0 unspecified atom stereocenters. The monoisotopic (exact) mass is 322 g/mol. The van der Waals surface area contributed by atoms with Crippen molar-refractivity contribution >= 4 is 11.8 Å². The van der Waals surface area contributed by atoms with E-state index in [9.17, 15) is 9.59 Å². The van der Waals surface area contributed by atoms with E-state index in [1.807, 2.05) is 9.80 Å². The summed E-state index contributed by atoms with van der Waals surface area (Å²) in [6.07, 6.45) is 5.47. The van der Waals surface area contributed by atoms with Crippen molar-refractivity contribution < 1.29 is 9.59 Å². The lowest BCUT2D eigenvalue weighted by atomic mass is 9.96. The summed E-state index contributed by atoms with van der Waals surface area (Å²) in [5.41, 5.74) is 0. The molecule has 3 rings (SSSR count). The molecule has 0 saturated carbocycles. The summed E-state index contributed by atoms with van der Waals surface area (Å²) in [6, 6.07) is 0. The van der Waals surface area contributed by atoms with E-state index in [1.165, 1.54) is 6.42 Å². The van der Waals surface area contributed by atoms with Crippen molar-refractivity contribution in [2.75, 3.05) is 58.9 Å². The lowest BCUT2D eigenvalue weighted by Gasteiger charge is -2.38. The predicted octanol–water partition coefficient (Wildman–Crippen LogP) is 0.143. The molecule has 0 aromatic heterocycles. The number of amides is 2. The first-order valence-electron chi connectivity index (χ1n) is 9.23. The molecule has 0 spiro atoms. The molecule has 6 heteroatoms. The van der Waals surface area contributed by atoms with Crippen molar-refractivity contribution in [2.45, 2.75) is 32.1 Å². The molecule has 0 aromatic carbocycles. The van der Waals surface area contributed by atoms with Crippen LogP contribution in [0.15, 0.2) is 0 Å². The van der Waals surface area contributed by atoms with Gasteiger partial charge in [-0.25, -0.2) is 0 Å². The lowest BCUT2D eigenvalue weighted by molar-refractivity contribution is -0.139. The Balaban J connectivity index is 1.41. The van der Waals surface area contributed by atoms with Crippen molar-refractivity contribution in [3.8, 4) is 0 Å². The minimum atomic E-state index is 0.206. The number of piperazine rings is 1. The van der Waals surface area contributed by atoms with Crippen molar-refractivity contribution in [2.24, 2.45) is 5.92 Å². The van der Waals surface area contributed by atoms with Gasteiger partial charge in [-0.05, 0) is 45.2 Å². The van der Waals surface area contributed by atoms with Gasteiger partial charge >= 0.3 is 0 Å². The summed E-state index contributed by atoms with van der Waals surface area (Å²) < 4.78 is 0. The van der Waals surface area contributed by atoms with Crippen LogP contribution in [0.1, 0.15) is 32.1 Å². The van der Waals surface area contributed by atoms with Crippen LogP contribution in [0.25, 0.3) is 0 Å². The normalized spacial score (nSPS) is 24.7. The molecular weight excluding hydrogens is 292 g/mol. The number of nitrogens with zero attached hydrogens (tertiary/aromatic N) is 3. The summed E-state index contributed by atoms with van der Waals surface area (Å²) in [5.74, 6) is 0.800.